The van der Waals surface area contributed by atoms with Gasteiger partial charge in [0.1, 0.15) is 0 Å². The van der Waals surface area contributed by atoms with Crippen molar-refractivity contribution in [2.75, 3.05) is 13.1 Å². The van der Waals surface area contributed by atoms with Gasteiger partial charge in [-0.2, -0.15) is 5.10 Å². The SMILES string of the molecule is Cc1nn(C)c(CC2CCC2CNCC(C)C)c1Cl. The summed E-state index contributed by atoms with van der Waals surface area (Å²) in [5.41, 5.74) is 2.16. The van der Waals surface area contributed by atoms with Crippen LogP contribution in [0.15, 0.2) is 0 Å². The van der Waals surface area contributed by atoms with Gasteiger partial charge in [0, 0.05) is 7.05 Å². The highest BCUT2D eigenvalue weighted by Crippen LogP contribution is 2.37. The summed E-state index contributed by atoms with van der Waals surface area (Å²) in [6, 6.07) is 0. The summed E-state index contributed by atoms with van der Waals surface area (Å²) in [5.74, 6) is 2.31. The molecule has 1 fully saturated rings. The van der Waals surface area contributed by atoms with Gasteiger partial charge in [0.2, 0.25) is 0 Å². The molecule has 4 heteroatoms. The van der Waals surface area contributed by atoms with Crippen molar-refractivity contribution in [3.05, 3.63) is 16.4 Å². The van der Waals surface area contributed by atoms with Crippen LogP contribution >= 0.6 is 11.6 Å². The average Bonchev–Trinajstić information content (AvgIpc) is 2.55. The predicted molar refractivity (Wildman–Crippen MR) is 80.6 cm³/mol. The van der Waals surface area contributed by atoms with Crippen molar-refractivity contribution < 1.29 is 0 Å². The highest BCUT2D eigenvalue weighted by Gasteiger charge is 2.32. The molecule has 0 spiro atoms. The molecule has 2 atom stereocenters. The van der Waals surface area contributed by atoms with E-state index in [1.165, 1.54) is 18.5 Å². The zero-order valence-electron chi connectivity index (χ0n) is 12.5. The van der Waals surface area contributed by atoms with E-state index in [0.717, 1.165) is 48.0 Å². The Hall–Kier alpha value is -0.540. The van der Waals surface area contributed by atoms with Crippen molar-refractivity contribution in [1.82, 2.24) is 15.1 Å². The van der Waals surface area contributed by atoms with E-state index in [-0.39, 0.29) is 0 Å². The summed E-state index contributed by atoms with van der Waals surface area (Å²) in [7, 11) is 2.00. The molecule has 2 rings (SSSR count). The van der Waals surface area contributed by atoms with Gasteiger partial charge < -0.3 is 5.32 Å². The lowest BCUT2D eigenvalue weighted by Crippen LogP contribution is -2.37. The molecule has 0 saturated heterocycles. The Morgan fingerprint density at radius 2 is 2.05 bits per heavy atom. The molecular formula is C15H26ClN3. The topological polar surface area (TPSA) is 29.9 Å². The van der Waals surface area contributed by atoms with Crippen molar-refractivity contribution in [3.8, 4) is 0 Å². The maximum atomic E-state index is 6.33. The Kier molecular flexibility index (Phi) is 4.91. The third-order valence-corrected chi connectivity index (χ3v) is 4.74. The van der Waals surface area contributed by atoms with Gasteiger partial charge in [-0.3, -0.25) is 4.68 Å². The Morgan fingerprint density at radius 3 is 2.53 bits per heavy atom. The van der Waals surface area contributed by atoms with Gasteiger partial charge in [0.25, 0.3) is 0 Å². The molecule has 1 aliphatic carbocycles. The van der Waals surface area contributed by atoms with E-state index in [0.29, 0.717) is 0 Å². The number of halogens is 1. The van der Waals surface area contributed by atoms with Crippen LogP contribution in [0.1, 0.15) is 38.1 Å². The van der Waals surface area contributed by atoms with Crippen molar-refractivity contribution in [2.24, 2.45) is 24.8 Å². The Balaban J connectivity index is 1.86. The molecule has 0 bridgehead atoms. The van der Waals surface area contributed by atoms with E-state index in [2.05, 4.69) is 24.3 Å². The first kappa shape index (κ1) is 14.9. The molecule has 0 aromatic carbocycles. The van der Waals surface area contributed by atoms with Crippen LogP contribution in [0.3, 0.4) is 0 Å². The normalized spacial score (nSPS) is 22.8. The summed E-state index contributed by atoms with van der Waals surface area (Å²) in [6.45, 7) is 8.76. The minimum absolute atomic E-state index is 0.729. The van der Waals surface area contributed by atoms with Crippen molar-refractivity contribution in [2.45, 2.75) is 40.0 Å². The summed E-state index contributed by atoms with van der Waals surface area (Å²) in [6.07, 6.45) is 3.75. The Labute approximate surface area is 121 Å². The first-order chi connectivity index (χ1) is 8.99. The van der Waals surface area contributed by atoms with Crippen LogP contribution in [-0.2, 0) is 13.5 Å². The number of nitrogens with zero attached hydrogens (tertiary/aromatic N) is 2. The molecule has 0 aliphatic heterocycles. The minimum atomic E-state index is 0.729. The molecular weight excluding hydrogens is 258 g/mol. The zero-order valence-corrected chi connectivity index (χ0v) is 13.3. The maximum Gasteiger partial charge on any atom is 0.0847 e. The lowest BCUT2D eigenvalue weighted by atomic mass is 9.71. The molecule has 0 amide bonds. The molecule has 3 nitrogen and oxygen atoms in total. The minimum Gasteiger partial charge on any atom is -0.316 e. The van der Waals surface area contributed by atoms with Gasteiger partial charge >= 0.3 is 0 Å². The van der Waals surface area contributed by atoms with E-state index in [1.807, 2.05) is 18.7 Å². The standard InChI is InChI=1S/C15H26ClN3/c1-10(2)8-17-9-13-6-5-12(13)7-14-15(16)11(3)18-19(14)4/h10,12-13,17H,5-9H2,1-4H3. The van der Waals surface area contributed by atoms with Gasteiger partial charge in [-0.15, -0.1) is 0 Å². The second kappa shape index (κ2) is 6.27. The van der Waals surface area contributed by atoms with Crippen LogP contribution in [-0.4, -0.2) is 22.9 Å². The van der Waals surface area contributed by atoms with Gasteiger partial charge in [0.05, 0.1) is 16.4 Å². The fraction of sp³-hybridized carbons (Fsp3) is 0.800. The number of nitrogens with one attached hydrogen (secondary N) is 1. The second-order valence-corrected chi connectivity index (χ2v) is 6.70. The van der Waals surface area contributed by atoms with Crippen molar-refractivity contribution in [3.63, 3.8) is 0 Å². The van der Waals surface area contributed by atoms with Crippen LogP contribution in [0.4, 0.5) is 0 Å². The molecule has 1 aromatic rings. The summed E-state index contributed by atoms with van der Waals surface area (Å²) >= 11 is 6.33. The Bertz CT molecular complexity index is 425. The number of aromatic nitrogens is 2. The fourth-order valence-electron chi connectivity index (χ4n) is 2.88. The summed E-state index contributed by atoms with van der Waals surface area (Å²) in [4.78, 5) is 0. The maximum absolute atomic E-state index is 6.33. The number of rotatable bonds is 6. The smallest absolute Gasteiger partial charge is 0.0847 e. The van der Waals surface area contributed by atoms with E-state index >= 15 is 0 Å². The van der Waals surface area contributed by atoms with Gasteiger partial charge in [-0.05, 0) is 57.0 Å². The van der Waals surface area contributed by atoms with Crippen LogP contribution in [0.2, 0.25) is 5.02 Å². The predicted octanol–water partition coefficient (Wildman–Crippen LogP) is 3.20. The van der Waals surface area contributed by atoms with Gasteiger partial charge in [0.15, 0.2) is 0 Å². The molecule has 1 heterocycles. The number of aryl methyl sites for hydroxylation is 2. The molecule has 1 aromatic heterocycles. The van der Waals surface area contributed by atoms with Gasteiger partial charge in [-0.25, -0.2) is 0 Å². The first-order valence-electron chi connectivity index (χ1n) is 7.37. The highest BCUT2D eigenvalue weighted by molar-refractivity contribution is 6.31. The van der Waals surface area contributed by atoms with Crippen molar-refractivity contribution in [1.29, 1.82) is 0 Å². The molecule has 2 unspecified atom stereocenters. The van der Waals surface area contributed by atoms with Crippen LogP contribution in [0, 0.1) is 24.7 Å². The van der Waals surface area contributed by atoms with E-state index in [9.17, 15) is 0 Å². The van der Waals surface area contributed by atoms with Crippen LogP contribution < -0.4 is 5.32 Å². The van der Waals surface area contributed by atoms with Crippen molar-refractivity contribution >= 4 is 11.6 Å². The van der Waals surface area contributed by atoms with Crippen LogP contribution in [0.5, 0.6) is 0 Å². The second-order valence-electron chi connectivity index (χ2n) is 6.32. The lowest BCUT2D eigenvalue weighted by Gasteiger charge is -2.37. The van der Waals surface area contributed by atoms with Crippen LogP contribution in [0.25, 0.3) is 0 Å². The molecule has 1 N–H and O–H groups in total. The van der Waals surface area contributed by atoms with E-state index in [4.69, 9.17) is 11.6 Å². The first-order valence-corrected chi connectivity index (χ1v) is 7.75. The summed E-state index contributed by atoms with van der Waals surface area (Å²) < 4.78 is 1.95. The fourth-order valence-corrected chi connectivity index (χ4v) is 3.12. The summed E-state index contributed by atoms with van der Waals surface area (Å²) in [5, 5.41) is 8.85. The number of hydrogen-bond acceptors (Lipinski definition) is 2. The third kappa shape index (κ3) is 3.51. The quantitative estimate of drug-likeness (QED) is 0.869. The lowest BCUT2D eigenvalue weighted by molar-refractivity contribution is 0.167. The Morgan fingerprint density at radius 1 is 1.37 bits per heavy atom. The largest absolute Gasteiger partial charge is 0.316 e. The molecule has 1 aliphatic rings. The highest BCUT2D eigenvalue weighted by atomic mass is 35.5. The van der Waals surface area contributed by atoms with Gasteiger partial charge in [-0.1, -0.05) is 25.4 Å². The van der Waals surface area contributed by atoms with E-state index in [1.54, 1.807) is 0 Å². The monoisotopic (exact) mass is 283 g/mol. The molecule has 19 heavy (non-hydrogen) atoms. The average molecular weight is 284 g/mol. The third-order valence-electron chi connectivity index (χ3n) is 4.25. The molecule has 0 radical (unpaired) electrons. The van der Waals surface area contributed by atoms with E-state index < -0.39 is 0 Å². The zero-order chi connectivity index (χ0) is 14.0. The molecule has 108 valence electrons. The molecule has 1 saturated carbocycles. The number of hydrogen-bond donors (Lipinski definition) is 1.